The normalized spacial score (nSPS) is 11.9. The Hall–Kier alpha value is -1.41. The van der Waals surface area contributed by atoms with E-state index >= 15 is 0 Å². The molecule has 2 aromatic heterocycles. The van der Waals surface area contributed by atoms with Gasteiger partial charge in [0.25, 0.3) is 0 Å². The summed E-state index contributed by atoms with van der Waals surface area (Å²) in [6.07, 6.45) is 2.71. The first-order valence-corrected chi connectivity index (χ1v) is 9.24. The van der Waals surface area contributed by atoms with Crippen molar-refractivity contribution in [2.45, 2.75) is 19.8 Å². The van der Waals surface area contributed by atoms with Crippen LogP contribution in [0.1, 0.15) is 18.2 Å². The van der Waals surface area contributed by atoms with Gasteiger partial charge in [-0.1, -0.05) is 6.92 Å². The summed E-state index contributed by atoms with van der Waals surface area (Å²) in [5.74, 6) is 1.07. The molecule has 2 rings (SSSR count). The first-order valence-electron chi connectivity index (χ1n) is 6.36. The lowest BCUT2D eigenvalue weighted by Gasteiger charge is -2.06. The number of nitrogens with one attached hydrogen (secondary N) is 1. The lowest BCUT2D eigenvalue weighted by molar-refractivity contribution is 0.600. The Balaban J connectivity index is 2.14. The van der Waals surface area contributed by atoms with Crippen LogP contribution in [0.5, 0.6) is 0 Å². The fourth-order valence-corrected chi connectivity index (χ4v) is 3.48. The van der Waals surface area contributed by atoms with Crippen LogP contribution >= 0.6 is 11.3 Å². The third-order valence-electron chi connectivity index (χ3n) is 2.79. The lowest BCUT2D eigenvalue weighted by Crippen LogP contribution is -2.11. The van der Waals surface area contributed by atoms with Crippen molar-refractivity contribution in [1.29, 1.82) is 0 Å². The van der Waals surface area contributed by atoms with Gasteiger partial charge in [-0.25, -0.2) is 13.4 Å². The van der Waals surface area contributed by atoms with Gasteiger partial charge in [0.05, 0.1) is 11.1 Å². The lowest BCUT2D eigenvalue weighted by atomic mass is 10.3. The van der Waals surface area contributed by atoms with Gasteiger partial charge in [-0.2, -0.15) is 4.98 Å². The van der Waals surface area contributed by atoms with Crippen LogP contribution in [-0.4, -0.2) is 36.9 Å². The van der Waals surface area contributed by atoms with Gasteiger partial charge in [0, 0.05) is 17.7 Å². The van der Waals surface area contributed by atoms with Gasteiger partial charge in [0.15, 0.2) is 0 Å². The van der Waals surface area contributed by atoms with Crippen molar-refractivity contribution in [2.75, 3.05) is 29.6 Å². The second-order valence-corrected chi connectivity index (χ2v) is 8.00. The molecule has 3 N–H and O–H groups in total. The molecule has 0 aliphatic heterocycles. The first-order chi connectivity index (χ1) is 9.39. The van der Waals surface area contributed by atoms with E-state index in [0.29, 0.717) is 18.8 Å². The summed E-state index contributed by atoms with van der Waals surface area (Å²) in [5.41, 5.74) is 5.70. The van der Waals surface area contributed by atoms with Gasteiger partial charge < -0.3 is 11.1 Å². The van der Waals surface area contributed by atoms with Gasteiger partial charge in [-0.3, -0.25) is 0 Å². The number of hydrogen-bond donors (Lipinski definition) is 2. The predicted octanol–water partition coefficient (Wildman–Crippen LogP) is 1.68. The molecule has 0 atom stereocenters. The van der Waals surface area contributed by atoms with Gasteiger partial charge in [-0.05, 0) is 18.9 Å². The molecule has 0 radical (unpaired) electrons. The van der Waals surface area contributed by atoms with Gasteiger partial charge in [0.1, 0.15) is 20.5 Å². The van der Waals surface area contributed by atoms with Crippen LogP contribution in [0.15, 0.2) is 6.07 Å². The van der Waals surface area contributed by atoms with E-state index < -0.39 is 9.84 Å². The highest BCUT2D eigenvalue weighted by Gasteiger charge is 2.10. The maximum Gasteiger partial charge on any atom is 0.223 e. The topological polar surface area (TPSA) is 98.0 Å². The highest BCUT2D eigenvalue weighted by atomic mass is 32.2. The molecular weight excluding hydrogens is 296 g/mol. The molecule has 0 aromatic carbocycles. The number of hydrogen-bond acceptors (Lipinski definition) is 7. The Bertz CT molecular complexity index is 710. The van der Waals surface area contributed by atoms with Gasteiger partial charge in [0.2, 0.25) is 5.95 Å². The minimum absolute atomic E-state index is 0.160. The van der Waals surface area contributed by atoms with E-state index in [0.717, 1.165) is 16.6 Å². The SMILES string of the molecule is CCc1cc2c(NCCCS(C)(=O)=O)nc(N)nc2s1. The summed E-state index contributed by atoms with van der Waals surface area (Å²) in [7, 11) is -2.92. The van der Waals surface area contributed by atoms with Crippen molar-refractivity contribution < 1.29 is 8.42 Å². The zero-order chi connectivity index (χ0) is 14.8. The molecule has 0 fully saturated rings. The second kappa shape index (κ2) is 5.92. The minimum atomic E-state index is -2.92. The van der Waals surface area contributed by atoms with E-state index in [1.165, 1.54) is 11.1 Å². The van der Waals surface area contributed by atoms with E-state index in [2.05, 4.69) is 28.3 Å². The molecule has 110 valence electrons. The van der Waals surface area contributed by atoms with Crippen LogP contribution in [0.25, 0.3) is 10.2 Å². The molecule has 2 heterocycles. The number of nitrogen functional groups attached to an aromatic ring is 1. The quantitative estimate of drug-likeness (QED) is 0.787. The van der Waals surface area contributed by atoms with Crippen LogP contribution in [0, 0.1) is 0 Å². The highest BCUT2D eigenvalue weighted by molar-refractivity contribution is 7.90. The summed E-state index contributed by atoms with van der Waals surface area (Å²) in [6.45, 7) is 2.62. The zero-order valence-corrected chi connectivity index (χ0v) is 13.1. The standard InChI is InChI=1S/C12H18N4O2S2/c1-3-8-7-9-10(14-5-4-6-20(2,17)18)15-12(13)16-11(9)19-8/h7H,3-6H2,1-2H3,(H3,13,14,15,16). The zero-order valence-electron chi connectivity index (χ0n) is 11.5. The Kier molecular flexibility index (Phi) is 4.44. The van der Waals surface area contributed by atoms with Crippen molar-refractivity contribution in [2.24, 2.45) is 0 Å². The van der Waals surface area contributed by atoms with E-state index in [4.69, 9.17) is 5.73 Å². The van der Waals surface area contributed by atoms with Crippen LogP contribution in [0.4, 0.5) is 11.8 Å². The summed E-state index contributed by atoms with van der Waals surface area (Å²) in [6, 6.07) is 2.05. The molecule has 0 aliphatic rings. The van der Waals surface area contributed by atoms with Crippen molar-refractivity contribution in [3.05, 3.63) is 10.9 Å². The first kappa shape index (κ1) is 15.0. The fraction of sp³-hybridized carbons (Fsp3) is 0.500. The number of sulfone groups is 1. The van der Waals surface area contributed by atoms with E-state index in [9.17, 15) is 8.42 Å². The van der Waals surface area contributed by atoms with Crippen molar-refractivity contribution in [3.8, 4) is 0 Å². The molecule has 2 aromatic rings. The number of thiophene rings is 1. The van der Waals surface area contributed by atoms with Crippen LogP contribution in [0.2, 0.25) is 0 Å². The number of aromatic nitrogens is 2. The summed E-state index contributed by atoms with van der Waals surface area (Å²) in [5, 5.41) is 4.09. The third-order valence-corrected chi connectivity index (χ3v) is 5.00. The molecule has 0 unspecified atom stereocenters. The fourth-order valence-electron chi connectivity index (χ4n) is 1.84. The van der Waals surface area contributed by atoms with Gasteiger partial charge in [-0.15, -0.1) is 11.3 Å². The molecule has 0 amide bonds. The Morgan fingerprint density at radius 1 is 1.40 bits per heavy atom. The van der Waals surface area contributed by atoms with Crippen molar-refractivity contribution >= 4 is 43.2 Å². The Morgan fingerprint density at radius 3 is 2.80 bits per heavy atom. The molecule has 0 saturated heterocycles. The maximum absolute atomic E-state index is 11.1. The molecule has 0 saturated carbocycles. The molecule has 0 spiro atoms. The largest absolute Gasteiger partial charge is 0.369 e. The number of nitrogens with zero attached hydrogens (tertiary/aromatic N) is 2. The van der Waals surface area contributed by atoms with E-state index in [-0.39, 0.29) is 11.7 Å². The van der Waals surface area contributed by atoms with Crippen molar-refractivity contribution in [3.63, 3.8) is 0 Å². The third kappa shape index (κ3) is 3.80. The minimum Gasteiger partial charge on any atom is -0.369 e. The van der Waals surface area contributed by atoms with Gasteiger partial charge >= 0.3 is 0 Å². The number of aryl methyl sites for hydroxylation is 1. The number of anilines is 2. The van der Waals surface area contributed by atoms with Crippen LogP contribution in [0.3, 0.4) is 0 Å². The summed E-state index contributed by atoms with van der Waals surface area (Å²) < 4.78 is 22.2. The van der Waals surface area contributed by atoms with Crippen LogP contribution < -0.4 is 11.1 Å². The van der Waals surface area contributed by atoms with E-state index in [1.54, 1.807) is 11.3 Å². The Labute approximate surface area is 122 Å². The van der Waals surface area contributed by atoms with Crippen LogP contribution in [-0.2, 0) is 16.3 Å². The smallest absolute Gasteiger partial charge is 0.223 e. The molecule has 8 heteroatoms. The number of fused-ring (bicyclic) bond motifs is 1. The summed E-state index contributed by atoms with van der Waals surface area (Å²) >= 11 is 1.60. The average molecular weight is 314 g/mol. The molecule has 20 heavy (non-hydrogen) atoms. The summed E-state index contributed by atoms with van der Waals surface area (Å²) in [4.78, 5) is 10.5. The van der Waals surface area contributed by atoms with Crippen molar-refractivity contribution in [1.82, 2.24) is 9.97 Å². The maximum atomic E-state index is 11.1. The number of nitrogens with two attached hydrogens (primary N) is 1. The highest BCUT2D eigenvalue weighted by Crippen LogP contribution is 2.29. The molecule has 6 nitrogen and oxygen atoms in total. The predicted molar refractivity (Wildman–Crippen MR) is 84.0 cm³/mol. The monoisotopic (exact) mass is 314 g/mol. The Morgan fingerprint density at radius 2 is 2.15 bits per heavy atom. The molecule has 0 aliphatic carbocycles. The second-order valence-electron chi connectivity index (χ2n) is 4.63. The average Bonchev–Trinajstić information content (AvgIpc) is 2.76. The van der Waals surface area contributed by atoms with E-state index in [1.807, 2.05) is 0 Å². The molecule has 0 bridgehead atoms. The molecular formula is C12H18N4O2S2. The number of rotatable bonds is 6.